The molecule has 0 unspecified atom stereocenters. The summed E-state index contributed by atoms with van der Waals surface area (Å²) in [4.78, 5) is 11.0. The molecule has 0 saturated carbocycles. The molecule has 3 aromatic carbocycles. The third-order valence-corrected chi connectivity index (χ3v) is 4.25. The van der Waals surface area contributed by atoms with Crippen LogP contribution in [0.15, 0.2) is 66.7 Å². The Bertz CT molecular complexity index is 975. The second-order valence-corrected chi connectivity index (χ2v) is 6.47. The Labute approximate surface area is 175 Å². The summed E-state index contributed by atoms with van der Waals surface area (Å²) in [5, 5.41) is 16.6. The number of aliphatic hydroxyl groups excluding tert-OH is 1. The van der Waals surface area contributed by atoms with Gasteiger partial charge in [0.25, 0.3) is 0 Å². The lowest BCUT2D eigenvalue weighted by Gasteiger charge is -2.12. The molecule has 0 aliphatic carbocycles. The summed E-state index contributed by atoms with van der Waals surface area (Å²) in [6.45, 7) is 2.32. The third kappa shape index (κ3) is 6.40. The van der Waals surface area contributed by atoms with Crippen LogP contribution in [-0.4, -0.2) is 22.8 Å². The first-order valence-corrected chi connectivity index (χ1v) is 9.60. The number of hydrogen-bond acceptors (Lipinski definition) is 4. The van der Waals surface area contributed by atoms with Gasteiger partial charge >= 0.3 is 5.97 Å². The van der Waals surface area contributed by atoms with E-state index in [0.717, 1.165) is 11.1 Å². The monoisotopic (exact) mass is 411 g/mol. The van der Waals surface area contributed by atoms with Gasteiger partial charge in [-0.25, -0.2) is 4.39 Å². The Kier molecular flexibility index (Phi) is 9.00. The topological polar surface area (TPSA) is 92.8 Å². The molecule has 0 spiro atoms. The molecule has 0 atom stereocenters. The van der Waals surface area contributed by atoms with Gasteiger partial charge in [-0.05, 0) is 30.2 Å². The Morgan fingerprint density at radius 3 is 2.40 bits per heavy atom. The number of hydrogen-bond donors (Lipinski definition) is 3. The first-order valence-electron chi connectivity index (χ1n) is 9.60. The van der Waals surface area contributed by atoms with Crippen LogP contribution >= 0.6 is 0 Å². The molecule has 3 rings (SSSR count). The van der Waals surface area contributed by atoms with Crippen LogP contribution in [0.4, 0.5) is 4.39 Å². The smallest absolute Gasteiger partial charge is 0.307 e. The number of rotatable bonds is 7. The molecule has 0 bridgehead atoms. The van der Waals surface area contributed by atoms with Crippen molar-refractivity contribution in [1.82, 2.24) is 0 Å². The fraction of sp³-hybridized carbons (Fsp3) is 0.208. The van der Waals surface area contributed by atoms with Crippen LogP contribution in [0.25, 0.3) is 11.1 Å². The fourth-order valence-corrected chi connectivity index (χ4v) is 2.90. The molecule has 0 heterocycles. The molecule has 0 aliphatic heterocycles. The van der Waals surface area contributed by atoms with E-state index in [1.54, 1.807) is 49.4 Å². The van der Waals surface area contributed by atoms with Crippen LogP contribution < -0.4 is 10.5 Å². The summed E-state index contributed by atoms with van der Waals surface area (Å²) in [6.07, 6.45) is -0.104. The van der Waals surface area contributed by atoms with Gasteiger partial charge in [-0.2, -0.15) is 0 Å². The van der Waals surface area contributed by atoms with E-state index in [4.69, 9.17) is 20.7 Å². The molecule has 0 radical (unpaired) electrons. The number of para-hydroxylation sites is 1. The van der Waals surface area contributed by atoms with E-state index in [0.29, 0.717) is 22.4 Å². The van der Waals surface area contributed by atoms with Crippen LogP contribution in [0.2, 0.25) is 0 Å². The van der Waals surface area contributed by atoms with Crippen molar-refractivity contribution in [3.05, 3.63) is 89.2 Å². The minimum Gasteiger partial charge on any atom is -0.489 e. The molecule has 0 saturated heterocycles. The number of ether oxygens (including phenoxy) is 1. The molecular formula is C24H26FNO4. The Balaban J connectivity index is 0.00000101. The van der Waals surface area contributed by atoms with Crippen LogP contribution in [-0.2, 0) is 24.4 Å². The predicted octanol–water partition coefficient (Wildman–Crippen LogP) is 4.16. The van der Waals surface area contributed by atoms with Gasteiger partial charge in [0.1, 0.15) is 18.2 Å². The maximum atomic E-state index is 14.5. The van der Waals surface area contributed by atoms with E-state index >= 15 is 0 Å². The molecular weight excluding hydrogens is 385 g/mol. The van der Waals surface area contributed by atoms with Gasteiger partial charge in [-0.3, -0.25) is 4.79 Å². The second kappa shape index (κ2) is 11.7. The molecule has 158 valence electrons. The van der Waals surface area contributed by atoms with Gasteiger partial charge in [0.2, 0.25) is 0 Å². The lowest BCUT2D eigenvalue weighted by atomic mass is 10.0. The van der Waals surface area contributed by atoms with Crippen molar-refractivity contribution in [2.24, 2.45) is 5.73 Å². The molecule has 6 heteroatoms. The average molecular weight is 411 g/mol. The normalized spacial score (nSPS) is 10.1. The molecule has 0 fully saturated rings. The maximum Gasteiger partial charge on any atom is 0.307 e. The summed E-state index contributed by atoms with van der Waals surface area (Å²) >= 11 is 0. The Morgan fingerprint density at radius 1 is 1.03 bits per heavy atom. The van der Waals surface area contributed by atoms with Crippen LogP contribution in [0.1, 0.15) is 23.6 Å². The van der Waals surface area contributed by atoms with Gasteiger partial charge < -0.3 is 20.7 Å². The van der Waals surface area contributed by atoms with Gasteiger partial charge in [0, 0.05) is 29.8 Å². The predicted molar refractivity (Wildman–Crippen MR) is 115 cm³/mol. The molecule has 0 aliphatic rings. The van der Waals surface area contributed by atoms with E-state index in [1.165, 1.54) is 0 Å². The number of aliphatic hydroxyl groups is 1. The molecule has 0 amide bonds. The number of carboxylic acids is 1. The first-order chi connectivity index (χ1) is 14.5. The highest BCUT2D eigenvalue weighted by Gasteiger charge is 2.11. The van der Waals surface area contributed by atoms with Gasteiger partial charge in [-0.1, -0.05) is 54.6 Å². The quantitative estimate of drug-likeness (QED) is 0.543. The number of carbonyl (C=O) groups is 1. The SMILES string of the molecule is CCO.NCc1cccc(-c2cccc(COc3ccccc3CC(=O)O)c2)c1F. The van der Waals surface area contributed by atoms with Crippen molar-refractivity contribution in [1.29, 1.82) is 0 Å². The lowest BCUT2D eigenvalue weighted by molar-refractivity contribution is -0.136. The Hall–Kier alpha value is -3.22. The van der Waals surface area contributed by atoms with Crippen molar-refractivity contribution < 1.29 is 24.1 Å². The number of halogens is 1. The first kappa shape index (κ1) is 23.1. The zero-order chi connectivity index (χ0) is 21.9. The summed E-state index contributed by atoms with van der Waals surface area (Å²) in [5.41, 5.74) is 8.76. The number of aliphatic carboxylic acids is 1. The standard InChI is InChI=1S/C22H20FNO3.C2H6O/c23-22-18(13-24)8-4-9-19(22)16-7-3-5-15(11-16)14-27-20-10-2-1-6-17(20)12-21(25)26;1-2-3/h1-11H,12-14,24H2,(H,25,26);3H,2H2,1H3. The molecule has 3 aromatic rings. The minimum absolute atomic E-state index is 0.104. The summed E-state index contributed by atoms with van der Waals surface area (Å²) in [6, 6.07) is 19.6. The zero-order valence-electron chi connectivity index (χ0n) is 16.8. The molecule has 4 N–H and O–H groups in total. The number of carboxylic acid groups (broad SMARTS) is 1. The Morgan fingerprint density at radius 2 is 1.70 bits per heavy atom. The van der Waals surface area contributed by atoms with Gasteiger partial charge in [0.05, 0.1) is 6.42 Å². The van der Waals surface area contributed by atoms with E-state index < -0.39 is 5.97 Å². The molecule has 0 aromatic heterocycles. The van der Waals surface area contributed by atoms with Crippen molar-refractivity contribution in [3.63, 3.8) is 0 Å². The van der Waals surface area contributed by atoms with Crippen LogP contribution in [0.5, 0.6) is 5.75 Å². The van der Waals surface area contributed by atoms with E-state index in [9.17, 15) is 9.18 Å². The van der Waals surface area contributed by atoms with Crippen molar-refractivity contribution in [2.75, 3.05) is 6.61 Å². The van der Waals surface area contributed by atoms with Gasteiger partial charge in [0.15, 0.2) is 0 Å². The summed E-state index contributed by atoms with van der Waals surface area (Å²) in [5.74, 6) is -0.699. The highest BCUT2D eigenvalue weighted by molar-refractivity contribution is 5.71. The molecule has 5 nitrogen and oxygen atoms in total. The van der Waals surface area contributed by atoms with Gasteiger partial charge in [-0.15, -0.1) is 0 Å². The van der Waals surface area contributed by atoms with E-state index in [2.05, 4.69) is 0 Å². The van der Waals surface area contributed by atoms with Crippen LogP contribution in [0.3, 0.4) is 0 Å². The maximum absolute atomic E-state index is 14.5. The van der Waals surface area contributed by atoms with Crippen molar-refractivity contribution >= 4 is 5.97 Å². The summed E-state index contributed by atoms with van der Waals surface area (Å²) < 4.78 is 20.4. The average Bonchev–Trinajstić information content (AvgIpc) is 2.74. The van der Waals surface area contributed by atoms with E-state index in [-0.39, 0.29) is 32.0 Å². The highest BCUT2D eigenvalue weighted by Crippen LogP contribution is 2.26. The van der Waals surface area contributed by atoms with Crippen molar-refractivity contribution in [2.45, 2.75) is 26.5 Å². The second-order valence-electron chi connectivity index (χ2n) is 6.47. The number of nitrogens with two attached hydrogens (primary N) is 1. The fourth-order valence-electron chi connectivity index (χ4n) is 2.90. The third-order valence-electron chi connectivity index (χ3n) is 4.25. The lowest BCUT2D eigenvalue weighted by Crippen LogP contribution is -2.04. The zero-order valence-corrected chi connectivity index (χ0v) is 16.8. The van der Waals surface area contributed by atoms with Crippen LogP contribution in [0, 0.1) is 5.82 Å². The largest absolute Gasteiger partial charge is 0.489 e. The van der Waals surface area contributed by atoms with E-state index in [1.807, 2.05) is 24.3 Å². The van der Waals surface area contributed by atoms with Crippen molar-refractivity contribution in [3.8, 4) is 16.9 Å². The number of benzene rings is 3. The summed E-state index contributed by atoms with van der Waals surface area (Å²) in [7, 11) is 0. The molecule has 30 heavy (non-hydrogen) atoms. The highest BCUT2D eigenvalue weighted by atomic mass is 19.1. The minimum atomic E-state index is -0.914.